The summed E-state index contributed by atoms with van der Waals surface area (Å²) in [6.45, 7) is 1.89. The number of amides is 2. The van der Waals surface area contributed by atoms with Crippen LogP contribution in [0, 0.1) is 6.92 Å². The SMILES string of the molecule is Cc1cc(Cl)ccc1NC(=O)[C@H]1Cc2ccccc2N1C(=O)c1ccccc1. The van der Waals surface area contributed by atoms with Gasteiger partial charge < -0.3 is 5.32 Å². The van der Waals surface area contributed by atoms with Crippen LogP contribution in [0.5, 0.6) is 0 Å². The summed E-state index contributed by atoms with van der Waals surface area (Å²) in [5.74, 6) is -0.399. The Balaban J connectivity index is 1.67. The minimum Gasteiger partial charge on any atom is -0.324 e. The second kappa shape index (κ2) is 7.49. The van der Waals surface area contributed by atoms with Crippen molar-refractivity contribution in [1.82, 2.24) is 0 Å². The van der Waals surface area contributed by atoms with Crippen LogP contribution in [0.3, 0.4) is 0 Å². The number of rotatable bonds is 3. The molecule has 0 unspecified atom stereocenters. The first kappa shape index (κ1) is 18.3. The molecule has 0 spiro atoms. The van der Waals surface area contributed by atoms with E-state index in [2.05, 4.69) is 5.32 Å². The highest BCUT2D eigenvalue weighted by Crippen LogP contribution is 2.34. The number of carbonyl (C=O) groups is 2. The molecule has 4 rings (SSSR count). The van der Waals surface area contributed by atoms with E-state index in [-0.39, 0.29) is 11.8 Å². The smallest absolute Gasteiger partial charge is 0.259 e. The third-order valence-electron chi connectivity index (χ3n) is 4.96. The van der Waals surface area contributed by atoms with E-state index in [1.807, 2.05) is 49.4 Å². The summed E-state index contributed by atoms with van der Waals surface area (Å²) < 4.78 is 0. The van der Waals surface area contributed by atoms with Crippen molar-refractivity contribution >= 4 is 34.8 Å². The van der Waals surface area contributed by atoms with Gasteiger partial charge in [0.1, 0.15) is 6.04 Å². The molecule has 0 bridgehead atoms. The van der Waals surface area contributed by atoms with Crippen LogP contribution in [-0.4, -0.2) is 17.9 Å². The van der Waals surface area contributed by atoms with Crippen molar-refractivity contribution in [2.45, 2.75) is 19.4 Å². The van der Waals surface area contributed by atoms with Gasteiger partial charge in [0.15, 0.2) is 0 Å². The Morgan fingerprint density at radius 1 is 1.00 bits per heavy atom. The Bertz CT molecular complexity index is 1050. The molecule has 5 heteroatoms. The second-order valence-electron chi connectivity index (χ2n) is 6.84. The quantitative estimate of drug-likeness (QED) is 0.694. The highest BCUT2D eigenvalue weighted by Gasteiger charge is 2.38. The van der Waals surface area contributed by atoms with Gasteiger partial charge in [-0.1, -0.05) is 48.0 Å². The van der Waals surface area contributed by atoms with E-state index >= 15 is 0 Å². The molecule has 28 heavy (non-hydrogen) atoms. The van der Waals surface area contributed by atoms with Gasteiger partial charge in [0, 0.05) is 28.4 Å². The Labute approximate surface area is 168 Å². The van der Waals surface area contributed by atoms with Crippen molar-refractivity contribution in [1.29, 1.82) is 0 Å². The first-order valence-electron chi connectivity index (χ1n) is 9.08. The molecule has 3 aromatic carbocycles. The van der Waals surface area contributed by atoms with Crippen molar-refractivity contribution in [2.24, 2.45) is 0 Å². The molecule has 1 heterocycles. The van der Waals surface area contributed by atoms with Crippen molar-refractivity contribution < 1.29 is 9.59 Å². The Morgan fingerprint density at radius 2 is 1.71 bits per heavy atom. The average molecular weight is 391 g/mol. The van der Waals surface area contributed by atoms with Gasteiger partial charge in [0.05, 0.1) is 0 Å². The van der Waals surface area contributed by atoms with E-state index in [1.54, 1.807) is 35.2 Å². The van der Waals surface area contributed by atoms with Gasteiger partial charge in [0.2, 0.25) is 5.91 Å². The number of carbonyl (C=O) groups excluding carboxylic acids is 2. The average Bonchev–Trinajstić information content (AvgIpc) is 3.10. The molecule has 2 amide bonds. The van der Waals surface area contributed by atoms with E-state index in [4.69, 9.17) is 11.6 Å². The molecular formula is C23H19ClN2O2. The maximum atomic E-state index is 13.2. The minimum absolute atomic E-state index is 0.182. The first-order chi connectivity index (χ1) is 13.5. The summed E-state index contributed by atoms with van der Waals surface area (Å²) in [4.78, 5) is 27.9. The van der Waals surface area contributed by atoms with Crippen LogP contribution in [0.15, 0.2) is 72.8 Å². The van der Waals surface area contributed by atoms with E-state index in [0.717, 1.165) is 16.8 Å². The first-order valence-corrected chi connectivity index (χ1v) is 9.46. The number of hydrogen-bond acceptors (Lipinski definition) is 2. The maximum absolute atomic E-state index is 13.2. The Morgan fingerprint density at radius 3 is 2.46 bits per heavy atom. The third kappa shape index (κ3) is 3.39. The zero-order chi connectivity index (χ0) is 19.7. The van der Waals surface area contributed by atoms with Crippen LogP contribution >= 0.6 is 11.6 Å². The third-order valence-corrected chi connectivity index (χ3v) is 5.20. The molecule has 0 radical (unpaired) electrons. The lowest BCUT2D eigenvalue weighted by molar-refractivity contribution is -0.117. The normalized spacial score (nSPS) is 15.2. The van der Waals surface area contributed by atoms with Gasteiger partial charge in [-0.25, -0.2) is 0 Å². The number of anilines is 2. The zero-order valence-corrected chi connectivity index (χ0v) is 16.1. The number of nitrogens with zero attached hydrogens (tertiary/aromatic N) is 1. The van der Waals surface area contributed by atoms with Crippen LogP contribution < -0.4 is 10.2 Å². The van der Waals surface area contributed by atoms with Crippen LogP contribution in [0.25, 0.3) is 0 Å². The van der Waals surface area contributed by atoms with Crippen LogP contribution in [0.2, 0.25) is 5.02 Å². The van der Waals surface area contributed by atoms with Gasteiger partial charge in [-0.3, -0.25) is 14.5 Å². The van der Waals surface area contributed by atoms with Crippen LogP contribution in [-0.2, 0) is 11.2 Å². The van der Waals surface area contributed by atoms with Gasteiger partial charge in [-0.2, -0.15) is 0 Å². The molecule has 0 fully saturated rings. The van der Waals surface area contributed by atoms with Gasteiger partial charge in [-0.05, 0) is 54.4 Å². The molecule has 4 nitrogen and oxygen atoms in total. The van der Waals surface area contributed by atoms with Crippen LogP contribution in [0.1, 0.15) is 21.5 Å². The number of halogens is 1. The van der Waals surface area contributed by atoms with Crippen molar-refractivity contribution in [3.8, 4) is 0 Å². The van der Waals surface area contributed by atoms with Crippen LogP contribution in [0.4, 0.5) is 11.4 Å². The number of hydrogen-bond donors (Lipinski definition) is 1. The predicted molar refractivity (Wildman–Crippen MR) is 112 cm³/mol. The molecule has 0 aromatic heterocycles. The van der Waals surface area contributed by atoms with Gasteiger partial charge in [-0.15, -0.1) is 0 Å². The summed E-state index contributed by atoms with van der Waals surface area (Å²) in [5, 5.41) is 3.57. The summed E-state index contributed by atoms with van der Waals surface area (Å²) in [5.41, 5.74) is 3.89. The maximum Gasteiger partial charge on any atom is 0.259 e. The topological polar surface area (TPSA) is 49.4 Å². The minimum atomic E-state index is -0.611. The fourth-order valence-corrected chi connectivity index (χ4v) is 3.78. The molecule has 3 aromatic rings. The monoisotopic (exact) mass is 390 g/mol. The molecule has 0 saturated carbocycles. The highest BCUT2D eigenvalue weighted by molar-refractivity contribution is 6.30. The molecule has 1 aliphatic heterocycles. The van der Waals surface area contributed by atoms with E-state index in [0.29, 0.717) is 22.7 Å². The van der Waals surface area contributed by atoms with E-state index in [1.165, 1.54) is 0 Å². The zero-order valence-electron chi connectivity index (χ0n) is 15.4. The lowest BCUT2D eigenvalue weighted by Gasteiger charge is -2.25. The molecular weight excluding hydrogens is 372 g/mol. The number of benzene rings is 3. The number of aryl methyl sites for hydroxylation is 1. The molecule has 0 saturated heterocycles. The molecule has 1 atom stereocenters. The Hall–Kier alpha value is -3.11. The molecule has 140 valence electrons. The fraction of sp³-hybridized carbons (Fsp3) is 0.130. The summed E-state index contributed by atoms with van der Waals surface area (Å²) in [6, 6.07) is 21.4. The highest BCUT2D eigenvalue weighted by atomic mass is 35.5. The lowest BCUT2D eigenvalue weighted by atomic mass is 10.1. The summed E-state index contributed by atoms with van der Waals surface area (Å²) >= 11 is 6.01. The summed E-state index contributed by atoms with van der Waals surface area (Å²) in [6.07, 6.45) is 0.479. The van der Waals surface area contributed by atoms with Crippen molar-refractivity contribution in [2.75, 3.05) is 10.2 Å². The predicted octanol–water partition coefficient (Wildman–Crippen LogP) is 4.86. The number of nitrogens with one attached hydrogen (secondary N) is 1. The fourth-order valence-electron chi connectivity index (χ4n) is 3.55. The second-order valence-corrected chi connectivity index (χ2v) is 7.27. The molecule has 1 N–H and O–H groups in total. The molecule has 0 aliphatic carbocycles. The molecule has 1 aliphatic rings. The van der Waals surface area contributed by atoms with E-state index < -0.39 is 6.04 Å². The largest absolute Gasteiger partial charge is 0.324 e. The van der Waals surface area contributed by atoms with Crippen molar-refractivity contribution in [3.05, 3.63) is 94.5 Å². The number of para-hydroxylation sites is 1. The number of fused-ring (bicyclic) bond motifs is 1. The lowest BCUT2D eigenvalue weighted by Crippen LogP contribution is -2.45. The van der Waals surface area contributed by atoms with Gasteiger partial charge in [0.25, 0.3) is 5.91 Å². The Kier molecular flexibility index (Phi) is 4.88. The van der Waals surface area contributed by atoms with E-state index in [9.17, 15) is 9.59 Å². The standard InChI is InChI=1S/C23H19ClN2O2/c1-15-13-18(24)11-12-19(15)25-22(27)21-14-17-9-5-6-10-20(17)26(21)23(28)16-7-3-2-4-8-16/h2-13,21H,14H2,1H3,(H,25,27)/t21-/m1/s1. The van der Waals surface area contributed by atoms with Crippen molar-refractivity contribution in [3.63, 3.8) is 0 Å². The summed E-state index contributed by atoms with van der Waals surface area (Å²) in [7, 11) is 0. The van der Waals surface area contributed by atoms with Gasteiger partial charge >= 0.3 is 0 Å².